The van der Waals surface area contributed by atoms with E-state index in [0.717, 1.165) is 12.1 Å². The normalized spacial score (nSPS) is 10.4. The van der Waals surface area contributed by atoms with E-state index in [0.29, 0.717) is 11.6 Å². The zero-order valence-corrected chi connectivity index (χ0v) is 9.51. The highest BCUT2D eigenvalue weighted by molar-refractivity contribution is 6.09. The van der Waals surface area contributed by atoms with Crippen molar-refractivity contribution in [2.45, 2.75) is 6.92 Å². The average molecular weight is 250 g/mol. The van der Waals surface area contributed by atoms with Gasteiger partial charge in [-0.05, 0) is 36.8 Å². The maximum Gasteiger partial charge on any atom is 0.196 e. The van der Waals surface area contributed by atoms with Crippen LogP contribution in [0.25, 0.3) is 0 Å². The summed E-state index contributed by atoms with van der Waals surface area (Å²) in [5.74, 6) is -3.19. The van der Waals surface area contributed by atoms with Crippen LogP contribution >= 0.6 is 0 Å². The molecule has 0 aliphatic carbocycles. The summed E-state index contributed by atoms with van der Waals surface area (Å²) in [6.45, 7) is 1.68. The topological polar surface area (TPSA) is 17.1 Å². The lowest BCUT2D eigenvalue weighted by molar-refractivity contribution is 0.103. The van der Waals surface area contributed by atoms with E-state index in [-0.39, 0.29) is 11.1 Å². The second-order valence-electron chi connectivity index (χ2n) is 3.97. The predicted octanol–water partition coefficient (Wildman–Crippen LogP) is 3.64. The SMILES string of the molecule is Cc1ccc(C(=O)c2cc(F)cc(F)c2)c(F)c1. The number of carbonyl (C=O) groups is 1. The number of carbonyl (C=O) groups excluding carboxylic acids is 1. The number of ketones is 1. The molecule has 0 unspecified atom stereocenters. The number of benzene rings is 2. The van der Waals surface area contributed by atoms with E-state index in [4.69, 9.17) is 0 Å². The fraction of sp³-hybridized carbons (Fsp3) is 0.0714. The minimum Gasteiger partial charge on any atom is -0.288 e. The first kappa shape index (κ1) is 12.4. The molecular weight excluding hydrogens is 241 g/mol. The molecule has 2 aromatic carbocycles. The van der Waals surface area contributed by atoms with E-state index >= 15 is 0 Å². The van der Waals surface area contributed by atoms with Gasteiger partial charge in [-0.3, -0.25) is 4.79 Å². The molecule has 4 heteroatoms. The summed E-state index contributed by atoms with van der Waals surface area (Å²) >= 11 is 0. The molecule has 0 amide bonds. The van der Waals surface area contributed by atoms with Gasteiger partial charge in [-0.2, -0.15) is 0 Å². The second-order valence-corrected chi connectivity index (χ2v) is 3.97. The largest absolute Gasteiger partial charge is 0.288 e. The predicted molar refractivity (Wildman–Crippen MR) is 60.9 cm³/mol. The third kappa shape index (κ3) is 2.42. The zero-order valence-electron chi connectivity index (χ0n) is 9.51. The lowest BCUT2D eigenvalue weighted by Gasteiger charge is -2.04. The van der Waals surface area contributed by atoms with Crippen LogP contribution < -0.4 is 0 Å². The summed E-state index contributed by atoms with van der Waals surface area (Å²) in [6, 6.07) is 6.47. The van der Waals surface area contributed by atoms with Gasteiger partial charge in [0.2, 0.25) is 0 Å². The van der Waals surface area contributed by atoms with E-state index in [1.165, 1.54) is 12.1 Å². The molecule has 1 nitrogen and oxygen atoms in total. The van der Waals surface area contributed by atoms with Crippen LogP contribution in [0.1, 0.15) is 21.5 Å². The first-order chi connectivity index (χ1) is 8.47. The summed E-state index contributed by atoms with van der Waals surface area (Å²) < 4.78 is 39.5. The van der Waals surface area contributed by atoms with Crippen molar-refractivity contribution >= 4 is 5.78 Å². The molecule has 2 rings (SSSR count). The van der Waals surface area contributed by atoms with Crippen LogP contribution in [0.5, 0.6) is 0 Å². The molecule has 18 heavy (non-hydrogen) atoms. The van der Waals surface area contributed by atoms with Crippen molar-refractivity contribution in [3.8, 4) is 0 Å². The van der Waals surface area contributed by atoms with Gasteiger partial charge in [0.15, 0.2) is 5.78 Å². The number of rotatable bonds is 2. The lowest BCUT2D eigenvalue weighted by atomic mass is 10.0. The van der Waals surface area contributed by atoms with Gasteiger partial charge in [0.25, 0.3) is 0 Å². The van der Waals surface area contributed by atoms with Crippen molar-refractivity contribution < 1.29 is 18.0 Å². The number of aryl methyl sites for hydroxylation is 1. The smallest absolute Gasteiger partial charge is 0.196 e. The Kier molecular flexibility index (Phi) is 3.19. The van der Waals surface area contributed by atoms with Crippen LogP contribution in [-0.2, 0) is 0 Å². The van der Waals surface area contributed by atoms with Gasteiger partial charge in [-0.15, -0.1) is 0 Å². The standard InChI is InChI=1S/C14H9F3O/c1-8-2-3-12(13(17)4-8)14(18)9-5-10(15)7-11(16)6-9/h2-7H,1H3. The molecule has 2 aromatic rings. The quantitative estimate of drug-likeness (QED) is 0.743. The third-order valence-corrected chi connectivity index (χ3v) is 2.49. The summed E-state index contributed by atoms with van der Waals surface area (Å²) in [5.41, 5.74) is 0.246. The van der Waals surface area contributed by atoms with Crippen molar-refractivity contribution in [1.82, 2.24) is 0 Å². The van der Waals surface area contributed by atoms with Crippen LogP contribution in [0.2, 0.25) is 0 Å². The van der Waals surface area contributed by atoms with Crippen LogP contribution in [0.15, 0.2) is 36.4 Å². The van der Waals surface area contributed by atoms with Gasteiger partial charge in [0.05, 0.1) is 5.56 Å². The molecule has 0 aliphatic heterocycles. The Labute approximate surface area is 102 Å². The van der Waals surface area contributed by atoms with Gasteiger partial charge in [-0.25, -0.2) is 13.2 Å². The molecule has 0 spiro atoms. The van der Waals surface area contributed by atoms with Crippen molar-refractivity contribution in [1.29, 1.82) is 0 Å². The van der Waals surface area contributed by atoms with Crippen LogP contribution in [0, 0.1) is 24.4 Å². The van der Waals surface area contributed by atoms with Crippen molar-refractivity contribution in [2.24, 2.45) is 0 Å². The third-order valence-electron chi connectivity index (χ3n) is 2.49. The zero-order chi connectivity index (χ0) is 13.3. The molecule has 0 fully saturated rings. The minimum absolute atomic E-state index is 0.203. The molecule has 0 saturated heterocycles. The molecule has 0 heterocycles. The van der Waals surface area contributed by atoms with E-state index in [1.54, 1.807) is 13.0 Å². The van der Waals surface area contributed by atoms with Gasteiger partial charge < -0.3 is 0 Å². The lowest BCUT2D eigenvalue weighted by Crippen LogP contribution is -2.05. The number of halogens is 3. The Hall–Kier alpha value is -2.10. The maximum absolute atomic E-state index is 13.6. The first-order valence-electron chi connectivity index (χ1n) is 5.24. The Morgan fingerprint density at radius 2 is 1.56 bits per heavy atom. The molecule has 0 bridgehead atoms. The monoisotopic (exact) mass is 250 g/mol. The number of hydrogen-bond donors (Lipinski definition) is 0. The first-order valence-corrected chi connectivity index (χ1v) is 5.24. The Bertz CT molecular complexity index is 600. The highest BCUT2D eigenvalue weighted by Gasteiger charge is 2.15. The fourth-order valence-electron chi connectivity index (χ4n) is 1.64. The molecule has 0 N–H and O–H groups in total. The molecular formula is C14H9F3O. The number of hydrogen-bond acceptors (Lipinski definition) is 1. The average Bonchev–Trinajstić information content (AvgIpc) is 2.26. The Balaban J connectivity index is 2.47. The van der Waals surface area contributed by atoms with Crippen molar-refractivity contribution in [3.05, 3.63) is 70.5 Å². The summed E-state index contributed by atoms with van der Waals surface area (Å²) in [6.07, 6.45) is 0. The summed E-state index contributed by atoms with van der Waals surface area (Å²) in [7, 11) is 0. The van der Waals surface area contributed by atoms with E-state index in [2.05, 4.69) is 0 Å². The molecule has 0 aliphatic rings. The molecule has 0 radical (unpaired) electrons. The Morgan fingerprint density at radius 1 is 0.944 bits per heavy atom. The van der Waals surface area contributed by atoms with Crippen LogP contribution in [-0.4, -0.2) is 5.78 Å². The van der Waals surface area contributed by atoms with Gasteiger partial charge >= 0.3 is 0 Å². The Morgan fingerprint density at radius 3 is 2.11 bits per heavy atom. The highest BCUT2D eigenvalue weighted by atomic mass is 19.1. The fourth-order valence-corrected chi connectivity index (χ4v) is 1.64. The van der Waals surface area contributed by atoms with E-state index < -0.39 is 23.2 Å². The van der Waals surface area contributed by atoms with Gasteiger partial charge in [0.1, 0.15) is 17.5 Å². The maximum atomic E-state index is 13.6. The summed E-state index contributed by atoms with van der Waals surface area (Å²) in [4.78, 5) is 11.9. The van der Waals surface area contributed by atoms with Gasteiger partial charge in [0, 0.05) is 11.6 Å². The van der Waals surface area contributed by atoms with Gasteiger partial charge in [-0.1, -0.05) is 6.07 Å². The van der Waals surface area contributed by atoms with E-state index in [9.17, 15) is 18.0 Å². The highest BCUT2D eigenvalue weighted by Crippen LogP contribution is 2.17. The van der Waals surface area contributed by atoms with E-state index in [1.807, 2.05) is 0 Å². The van der Waals surface area contributed by atoms with Crippen LogP contribution in [0.3, 0.4) is 0 Å². The summed E-state index contributed by atoms with van der Waals surface area (Å²) in [5, 5.41) is 0. The molecule has 0 atom stereocenters. The molecule has 0 aromatic heterocycles. The van der Waals surface area contributed by atoms with Crippen molar-refractivity contribution in [3.63, 3.8) is 0 Å². The molecule has 0 saturated carbocycles. The minimum atomic E-state index is -0.870. The molecule has 92 valence electrons. The van der Waals surface area contributed by atoms with Crippen molar-refractivity contribution in [2.75, 3.05) is 0 Å². The second kappa shape index (κ2) is 4.64. The van der Waals surface area contributed by atoms with Crippen LogP contribution in [0.4, 0.5) is 13.2 Å².